The lowest BCUT2D eigenvalue weighted by Crippen LogP contribution is -2.06. The molecule has 0 aliphatic carbocycles. The molecule has 5 nitrogen and oxygen atoms in total. The first-order valence-corrected chi connectivity index (χ1v) is 6.17. The van der Waals surface area contributed by atoms with Gasteiger partial charge in [0.2, 0.25) is 0 Å². The molecule has 0 bridgehead atoms. The van der Waals surface area contributed by atoms with Crippen LogP contribution in [0, 0.1) is 0 Å². The van der Waals surface area contributed by atoms with Gasteiger partial charge in [0.05, 0.1) is 13.2 Å². The monoisotopic (exact) mass is 258 g/mol. The molecule has 0 radical (unpaired) electrons. The van der Waals surface area contributed by atoms with E-state index in [-0.39, 0.29) is 19.2 Å². The summed E-state index contributed by atoms with van der Waals surface area (Å²) < 4.78 is 9.41. The predicted molar refractivity (Wildman–Crippen MR) is 66.9 cm³/mol. The fourth-order valence-corrected chi connectivity index (χ4v) is 1.16. The zero-order chi connectivity index (χ0) is 13.8. The van der Waals surface area contributed by atoms with Gasteiger partial charge in [-0.2, -0.15) is 0 Å². The molecule has 104 valence electrons. The first-order chi connectivity index (χ1) is 8.57. The molecule has 1 aliphatic heterocycles. The Balaban J connectivity index is 0.000000327. The van der Waals surface area contributed by atoms with Crippen LogP contribution in [0.1, 0.15) is 39.0 Å². The van der Waals surface area contributed by atoms with Crippen LogP contribution in [0.3, 0.4) is 0 Å². The maximum Gasteiger partial charge on any atom is 0.333 e. The van der Waals surface area contributed by atoms with Crippen molar-refractivity contribution in [1.29, 1.82) is 0 Å². The third kappa shape index (κ3) is 9.84. The summed E-state index contributed by atoms with van der Waals surface area (Å²) in [5.74, 6) is -0.420. The van der Waals surface area contributed by atoms with E-state index in [1.165, 1.54) is 0 Å². The summed E-state index contributed by atoms with van der Waals surface area (Å²) in [6.07, 6.45) is 4.31. The lowest BCUT2D eigenvalue weighted by atomic mass is 10.2. The maximum absolute atomic E-state index is 10.6. The van der Waals surface area contributed by atoms with E-state index in [4.69, 9.17) is 9.84 Å². The highest BCUT2D eigenvalue weighted by molar-refractivity contribution is 5.86. The minimum absolute atomic E-state index is 0.0255. The molecule has 1 N–H and O–H groups in total. The topological polar surface area (TPSA) is 72.8 Å². The van der Waals surface area contributed by atoms with Crippen molar-refractivity contribution in [3.05, 3.63) is 12.2 Å². The second-order valence-electron chi connectivity index (χ2n) is 4.02. The van der Waals surface area contributed by atoms with Crippen molar-refractivity contribution in [3.8, 4) is 0 Å². The Morgan fingerprint density at radius 1 is 1.44 bits per heavy atom. The Hall–Kier alpha value is -1.36. The van der Waals surface area contributed by atoms with Gasteiger partial charge < -0.3 is 14.6 Å². The molecule has 0 amide bonds. The van der Waals surface area contributed by atoms with E-state index in [9.17, 15) is 9.59 Å². The zero-order valence-electron chi connectivity index (χ0n) is 10.9. The first-order valence-electron chi connectivity index (χ1n) is 6.17. The van der Waals surface area contributed by atoms with Gasteiger partial charge in [-0.05, 0) is 26.2 Å². The zero-order valence-corrected chi connectivity index (χ0v) is 10.9. The average Bonchev–Trinajstić information content (AvgIpc) is 2.58. The number of hydrogen-bond donors (Lipinski definition) is 1. The molecule has 0 atom stereocenters. The summed E-state index contributed by atoms with van der Waals surface area (Å²) in [4.78, 5) is 21.1. The van der Waals surface area contributed by atoms with Gasteiger partial charge in [0.1, 0.15) is 0 Å². The van der Waals surface area contributed by atoms with Gasteiger partial charge in [-0.25, -0.2) is 4.79 Å². The van der Waals surface area contributed by atoms with Crippen molar-refractivity contribution in [2.75, 3.05) is 19.8 Å². The van der Waals surface area contributed by atoms with Crippen LogP contribution in [-0.4, -0.2) is 36.9 Å². The number of aliphatic hydroxyl groups excluding tert-OH is 1. The van der Waals surface area contributed by atoms with Crippen LogP contribution in [0.15, 0.2) is 12.2 Å². The van der Waals surface area contributed by atoms with Crippen LogP contribution in [-0.2, 0) is 19.1 Å². The molecule has 0 aromatic rings. The molecule has 1 aliphatic rings. The highest BCUT2D eigenvalue weighted by atomic mass is 16.5. The highest BCUT2D eigenvalue weighted by Gasteiger charge is 2.05. The molecule has 0 saturated carbocycles. The number of aliphatic hydroxyl groups is 1. The van der Waals surface area contributed by atoms with Gasteiger partial charge in [-0.15, -0.1) is 0 Å². The number of carbonyl (C=O) groups is 2. The van der Waals surface area contributed by atoms with E-state index in [2.05, 4.69) is 11.3 Å². The third-order valence-corrected chi connectivity index (χ3v) is 2.17. The van der Waals surface area contributed by atoms with Gasteiger partial charge in [0, 0.05) is 25.0 Å². The third-order valence-electron chi connectivity index (χ3n) is 2.17. The number of ether oxygens (including phenoxy) is 2. The van der Waals surface area contributed by atoms with Crippen LogP contribution in [0.25, 0.3) is 0 Å². The average molecular weight is 258 g/mol. The molecular formula is C13H22O5. The van der Waals surface area contributed by atoms with Gasteiger partial charge in [-0.1, -0.05) is 6.58 Å². The fourth-order valence-electron chi connectivity index (χ4n) is 1.16. The molecule has 5 heteroatoms. The van der Waals surface area contributed by atoms with Gasteiger partial charge in [0.25, 0.3) is 0 Å². The molecule has 0 aromatic carbocycles. The minimum atomic E-state index is -0.395. The molecule has 0 unspecified atom stereocenters. The van der Waals surface area contributed by atoms with Crippen LogP contribution in [0.5, 0.6) is 0 Å². The van der Waals surface area contributed by atoms with Crippen molar-refractivity contribution in [3.63, 3.8) is 0 Å². The van der Waals surface area contributed by atoms with E-state index >= 15 is 0 Å². The Morgan fingerprint density at radius 2 is 2.17 bits per heavy atom. The maximum atomic E-state index is 10.6. The Bertz CT molecular complexity index is 263. The van der Waals surface area contributed by atoms with Gasteiger partial charge >= 0.3 is 11.9 Å². The fraction of sp³-hybridized carbons (Fsp3) is 0.692. The summed E-state index contributed by atoms with van der Waals surface area (Å²) in [5.41, 5.74) is 0.387. The molecule has 0 aromatic heterocycles. The molecule has 0 spiro atoms. The highest BCUT2D eigenvalue weighted by Crippen LogP contribution is 2.06. The van der Waals surface area contributed by atoms with Crippen molar-refractivity contribution in [2.24, 2.45) is 0 Å². The predicted octanol–water partition coefficient (Wildman–Crippen LogP) is 1.59. The largest absolute Gasteiger partial charge is 0.466 e. The number of rotatable bonds is 4. The quantitative estimate of drug-likeness (QED) is 0.471. The van der Waals surface area contributed by atoms with Gasteiger partial charge in [0.15, 0.2) is 0 Å². The van der Waals surface area contributed by atoms with Crippen molar-refractivity contribution < 1.29 is 24.2 Å². The molecule has 1 rings (SSSR count). The summed E-state index contributed by atoms with van der Waals surface area (Å²) in [5, 5.41) is 8.30. The summed E-state index contributed by atoms with van der Waals surface area (Å²) >= 11 is 0. The number of esters is 2. The van der Waals surface area contributed by atoms with Crippen molar-refractivity contribution in [2.45, 2.75) is 39.0 Å². The minimum Gasteiger partial charge on any atom is -0.466 e. The number of hydrogen-bond acceptors (Lipinski definition) is 5. The normalized spacial score (nSPS) is 14.7. The molecule has 1 fully saturated rings. The molecule has 1 heterocycles. The van der Waals surface area contributed by atoms with E-state index in [1.54, 1.807) is 6.92 Å². The van der Waals surface area contributed by atoms with Crippen LogP contribution >= 0.6 is 0 Å². The summed E-state index contributed by atoms with van der Waals surface area (Å²) in [6.45, 7) is 5.93. The second-order valence-corrected chi connectivity index (χ2v) is 4.02. The second kappa shape index (κ2) is 10.8. The van der Waals surface area contributed by atoms with Gasteiger partial charge in [-0.3, -0.25) is 4.79 Å². The lowest BCUT2D eigenvalue weighted by Gasteiger charge is -2.00. The Labute approximate surface area is 108 Å². The number of carbonyl (C=O) groups excluding carboxylic acids is 2. The van der Waals surface area contributed by atoms with E-state index < -0.39 is 5.97 Å². The Kier molecular flexibility index (Phi) is 9.96. The van der Waals surface area contributed by atoms with Crippen LogP contribution < -0.4 is 0 Å². The van der Waals surface area contributed by atoms with E-state index in [0.717, 1.165) is 19.3 Å². The molecule has 1 saturated heterocycles. The smallest absolute Gasteiger partial charge is 0.333 e. The SMILES string of the molecule is C=C(C)C(=O)OCCCO.O=C1CCCCCO1. The standard InChI is InChI=1S/C7H12O3.C6H10O2/c1-6(2)7(9)10-5-3-4-8;7-6-4-2-1-3-5-8-6/h8H,1,3-5H2,2H3;1-5H2. The van der Waals surface area contributed by atoms with Crippen molar-refractivity contribution in [1.82, 2.24) is 0 Å². The summed E-state index contributed by atoms with van der Waals surface area (Å²) in [7, 11) is 0. The molecular weight excluding hydrogens is 236 g/mol. The van der Waals surface area contributed by atoms with E-state index in [0.29, 0.717) is 25.0 Å². The van der Waals surface area contributed by atoms with E-state index in [1.807, 2.05) is 0 Å². The number of cyclic esters (lactones) is 1. The summed E-state index contributed by atoms with van der Waals surface area (Å²) in [6, 6.07) is 0. The lowest BCUT2D eigenvalue weighted by molar-refractivity contribution is -0.142. The Morgan fingerprint density at radius 3 is 2.78 bits per heavy atom. The van der Waals surface area contributed by atoms with Crippen LogP contribution in [0.4, 0.5) is 0 Å². The van der Waals surface area contributed by atoms with Crippen molar-refractivity contribution >= 4 is 11.9 Å². The first kappa shape index (κ1) is 16.6. The van der Waals surface area contributed by atoms with Crippen LogP contribution in [0.2, 0.25) is 0 Å². The molecule has 18 heavy (non-hydrogen) atoms.